The molecule has 0 bridgehead atoms. The second-order valence-corrected chi connectivity index (χ2v) is 9.85. The Bertz CT molecular complexity index is 1230. The summed E-state index contributed by atoms with van der Waals surface area (Å²) in [4.78, 5) is 27.7. The van der Waals surface area contributed by atoms with Crippen LogP contribution in [0, 0.1) is 5.82 Å². The summed E-state index contributed by atoms with van der Waals surface area (Å²) in [6.45, 7) is 4.58. The number of nitrogens with one attached hydrogen (secondary N) is 1. The SMILES string of the molecule is COCCN(CC=CC(=O)N1CCc2c(sc3ncnc(Nc4ccc(F)c(Cl)c4)c23)C1)CCOC. The third-order valence-corrected chi connectivity index (χ3v) is 7.39. The van der Waals surface area contributed by atoms with Crippen LogP contribution >= 0.6 is 22.9 Å². The van der Waals surface area contributed by atoms with Gasteiger partial charge in [-0.25, -0.2) is 14.4 Å². The fraction of sp³-hybridized carbons (Fsp3) is 0.400. The van der Waals surface area contributed by atoms with Crippen molar-refractivity contribution in [2.24, 2.45) is 0 Å². The average Bonchev–Trinajstić information content (AvgIpc) is 3.26. The molecule has 1 aliphatic rings. The lowest BCUT2D eigenvalue weighted by atomic mass is 10.0. The number of hydrogen-bond acceptors (Lipinski definition) is 8. The number of carbonyl (C=O) groups excluding carboxylic acids is 1. The van der Waals surface area contributed by atoms with E-state index in [-0.39, 0.29) is 10.9 Å². The fourth-order valence-corrected chi connectivity index (χ4v) is 5.45. The first-order valence-electron chi connectivity index (χ1n) is 11.6. The predicted octanol–water partition coefficient (Wildman–Crippen LogP) is 4.26. The van der Waals surface area contributed by atoms with Crippen molar-refractivity contribution >= 4 is 50.6 Å². The van der Waals surface area contributed by atoms with Crippen molar-refractivity contribution in [1.82, 2.24) is 19.8 Å². The molecule has 3 aromatic rings. The van der Waals surface area contributed by atoms with E-state index in [1.165, 1.54) is 18.5 Å². The number of aromatic nitrogens is 2. The minimum absolute atomic E-state index is 0.0121. The normalized spacial score (nSPS) is 13.6. The molecule has 1 amide bonds. The first-order valence-corrected chi connectivity index (χ1v) is 12.8. The van der Waals surface area contributed by atoms with Gasteiger partial charge in [0.2, 0.25) is 5.91 Å². The molecule has 0 radical (unpaired) electrons. The van der Waals surface area contributed by atoms with E-state index in [4.69, 9.17) is 21.1 Å². The minimum Gasteiger partial charge on any atom is -0.383 e. The molecule has 3 heterocycles. The third kappa shape index (κ3) is 6.37. The van der Waals surface area contributed by atoms with Gasteiger partial charge in [-0.15, -0.1) is 11.3 Å². The van der Waals surface area contributed by atoms with Gasteiger partial charge >= 0.3 is 0 Å². The summed E-state index contributed by atoms with van der Waals surface area (Å²) in [5, 5.41) is 4.22. The summed E-state index contributed by atoms with van der Waals surface area (Å²) in [7, 11) is 3.35. The molecule has 1 aliphatic heterocycles. The third-order valence-electron chi connectivity index (χ3n) is 5.98. The van der Waals surface area contributed by atoms with Crippen molar-refractivity contribution in [2.45, 2.75) is 13.0 Å². The summed E-state index contributed by atoms with van der Waals surface area (Å²) >= 11 is 7.50. The Labute approximate surface area is 218 Å². The number of fused-ring (bicyclic) bond motifs is 3. The molecule has 192 valence electrons. The molecule has 2 aromatic heterocycles. The van der Waals surface area contributed by atoms with E-state index < -0.39 is 5.82 Å². The van der Waals surface area contributed by atoms with E-state index in [0.717, 1.165) is 33.7 Å². The van der Waals surface area contributed by atoms with Crippen molar-refractivity contribution in [3.8, 4) is 0 Å². The molecule has 0 saturated heterocycles. The summed E-state index contributed by atoms with van der Waals surface area (Å²) in [6, 6.07) is 4.46. The number of anilines is 2. The van der Waals surface area contributed by atoms with Crippen LogP contribution in [0.3, 0.4) is 0 Å². The van der Waals surface area contributed by atoms with Gasteiger partial charge in [-0.1, -0.05) is 17.7 Å². The van der Waals surface area contributed by atoms with Crippen LogP contribution in [-0.4, -0.2) is 79.3 Å². The monoisotopic (exact) mass is 533 g/mol. The number of nitrogens with zero attached hydrogens (tertiary/aromatic N) is 4. The Balaban J connectivity index is 1.45. The topological polar surface area (TPSA) is 79.8 Å². The highest BCUT2D eigenvalue weighted by atomic mass is 35.5. The number of carbonyl (C=O) groups is 1. The second-order valence-electron chi connectivity index (χ2n) is 8.36. The van der Waals surface area contributed by atoms with Gasteiger partial charge in [0.05, 0.1) is 30.2 Å². The molecular formula is C25H29ClFN5O3S. The smallest absolute Gasteiger partial charge is 0.246 e. The zero-order valence-electron chi connectivity index (χ0n) is 20.3. The van der Waals surface area contributed by atoms with Crippen LogP contribution in [0.4, 0.5) is 15.9 Å². The second kappa shape index (κ2) is 12.6. The number of thiophene rings is 1. The number of methoxy groups -OCH3 is 2. The number of ether oxygens (including phenoxy) is 2. The van der Waals surface area contributed by atoms with Gasteiger partial charge in [0.25, 0.3) is 0 Å². The molecule has 0 spiro atoms. The molecule has 0 saturated carbocycles. The molecule has 36 heavy (non-hydrogen) atoms. The largest absolute Gasteiger partial charge is 0.383 e. The zero-order valence-corrected chi connectivity index (χ0v) is 21.9. The molecule has 0 unspecified atom stereocenters. The summed E-state index contributed by atoms with van der Waals surface area (Å²) in [5.41, 5.74) is 1.79. The predicted molar refractivity (Wildman–Crippen MR) is 141 cm³/mol. The van der Waals surface area contributed by atoms with Gasteiger partial charge < -0.3 is 19.7 Å². The number of rotatable bonds is 11. The van der Waals surface area contributed by atoms with Crippen molar-refractivity contribution in [1.29, 1.82) is 0 Å². The molecule has 0 atom stereocenters. The zero-order chi connectivity index (χ0) is 25.5. The number of halogens is 2. The molecule has 1 aromatic carbocycles. The highest BCUT2D eigenvalue weighted by Crippen LogP contribution is 2.38. The molecular weight excluding hydrogens is 505 g/mol. The van der Waals surface area contributed by atoms with Gasteiger partial charge in [0.15, 0.2) is 0 Å². The van der Waals surface area contributed by atoms with Crippen molar-refractivity contribution in [2.75, 3.05) is 58.9 Å². The van der Waals surface area contributed by atoms with Crippen LogP contribution in [-0.2, 0) is 27.2 Å². The van der Waals surface area contributed by atoms with Crippen LogP contribution < -0.4 is 5.32 Å². The fourth-order valence-electron chi connectivity index (χ4n) is 4.06. The van der Waals surface area contributed by atoms with Crippen LogP contribution in [0.15, 0.2) is 36.7 Å². The summed E-state index contributed by atoms with van der Waals surface area (Å²) < 4.78 is 23.9. The molecule has 4 rings (SSSR count). The van der Waals surface area contributed by atoms with Crippen LogP contribution in [0.5, 0.6) is 0 Å². The van der Waals surface area contributed by atoms with Crippen molar-refractivity contribution in [3.05, 3.63) is 58.0 Å². The van der Waals surface area contributed by atoms with Crippen LogP contribution in [0.1, 0.15) is 10.4 Å². The first kappa shape index (κ1) is 26.4. The molecule has 1 N–H and O–H groups in total. The van der Waals surface area contributed by atoms with Crippen molar-refractivity contribution in [3.63, 3.8) is 0 Å². The van der Waals surface area contributed by atoms with Crippen LogP contribution in [0.25, 0.3) is 10.2 Å². The van der Waals surface area contributed by atoms with Crippen molar-refractivity contribution < 1.29 is 18.7 Å². The molecule has 0 fully saturated rings. The van der Waals surface area contributed by atoms with E-state index in [1.54, 1.807) is 37.7 Å². The number of amides is 1. The Hall–Kier alpha value is -2.63. The minimum atomic E-state index is -0.473. The average molecular weight is 534 g/mol. The number of benzene rings is 1. The van der Waals surface area contributed by atoms with E-state index in [1.807, 2.05) is 11.0 Å². The van der Waals surface area contributed by atoms with E-state index in [2.05, 4.69) is 20.2 Å². The first-order chi connectivity index (χ1) is 17.5. The van der Waals surface area contributed by atoms with Gasteiger partial charge in [-0.2, -0.15) is 0 Å². The molecule has 0 aliphatic carbocycles. The Morgan fingerprint density at radius 1 is 1.28 bits per heavy atom. The van der Waals surface area contributed by atoms with E-state index in [9.17, 15) is 9.18 Å². The maximum absolute atomic E-state index is 13.6. The Morgan fingerprint density at radius 2 is 2.06 bits per heavy atom. The van der Waals surface area contributed by atoms with Gasteiger partial charge in [0, 0.05) is 57.0 Å². The van der Waals surface area contributed by atoms with Crippen LogP contribution in [0.2, 0.25) is 5.02 Å². The standard InChI is InChI=1S/C25H29ClFN5O3S/c1-34-12-10-31(11-13-35-2)8-3-4-22(33)32-9-7-18-21(15-32)36-25-23(18)24(28-16-29-25)30-17-5-6-20(27)19(26)14-17/h3-6,14,16H,7-13,15H2,1-2H3,(H,28,29,30). The summed E-state index contributed by atoms with van der Waals surface area (Å²) in [5.74, 6) is 0.161. The lowest BCUT2D eigenvalue weighted by Gasteiger charge is -2.26. The lowest BCUT2D eigenvalue weighted by molar-refractivity contribution is -0.126. The Kier molecular flexibility index (Phi) is 9.22. The molecule has 11 heteroatoms. The van der Waals surface area contributed by atoms with Gasteiger partial charge in [0.1, 0.15) is 22.8 Å². The maximum atomic E-state index is 13.6. The summed E-state index contributed by atoms with van der Waals surface area (Å²) in [6.07, 6.45) is 5.75. The molecule has 8 nitrogen and oxygen atoms in total. The van der Waals surface area contributed by atoms with Gasteiger partial charge in [-0.05, 0) is 30.2 Å². The lowest BCUT2D eigenvalue weighted by Crippen LogP contribution is -2.34. The Morgan fingerprint density at radius 3 is 2.78 bits per heavy atom. The van der Waals surface area contributed by atoms with E-state index in [0.29, 0.717) is 50.8 Å². The highest BCUT2D eigenvalue weighted by Gasteiger charge is 2.25. The highest BCUT2D eigenvalue weighted by molar-refractivity contribution is 7.19. The number of hydrogen-bond donors (Lipinski definition) is 1. The maximum Gasteiger partial charge on any atom is 0.246 e. The van der Waals surface area contributed by atoms with Gasteiger partial charge in [-0.3, -0.25) is 9.69 Å². The quantitative estimate of drug-likeness (QED) is 0.369. The van der Waals surface area contributed by atoms with E-state index >= 15 is 0 Å².